The number of aryl methyl sites for hydroxylation is 1. The second kappa shape index (κ2) is 7.94. The lowest BCUT2D eigenvalue weighted by Crippen LogP contribution is -2.27. The summed E-state index contributed by atoms with van der Waals surface area (Å²) in [6.45, 7) is 5.19. The van der Waals surface area contributed by atoms with Gasteiger partial charge < -0.3 is 19.2 Å². The summed E-state index contributed by atoms with van der Waals surface area (Å²) in [5.41, 5.74) is 1.63. The number of hydrogen-bond acceptors (Lipinski definition) is 7. The van der Waals surface area contributed by atoms with Crippen LogP contribution >= 0.6 is 0 Å². The highest BCUT2D eigenvalue weighted by molar-refractivity contribution is 6.02. The van der Waals surface area contributed by atoms with E-state index in [1.165, 1.54) is 14.2 Å². The highest BCUT2D eigenvalue weighted by Crippen LogP contribution is 2.38. The monoisotopic (exact) mass is 379 g/mol. The van der Waals surface area contributed by atoms with Crippen molar-refractivity contribution in [3.63, 3.8) is 0 Å². The predicted octanol–water partition coefficient (Wildman–Crippen LogP) is 1.80. The number of Topliss-reactive ketones (excluding diaryl/α,β-unsaturated/α-hetero) is 1. The lowest BCUT2D eigenvalue weighted by atomic mass is 9.82. The molecule has 1 aliphatic heterocycles. The van der Waals surface area contributed by atoms with Gasteiger partial charge in [-0.3, -0.25) is 19.2 Å². The van der Waals surface area contributed by atoms with Crippen LogP contribution in [0.5, 0.6) is 0 Å². The van der Waals surface area contributed by atoms with E-state index in [-0.39, 0.29) is 31.0 Å². The summed E-state index contributed by atoms with van der Waals surface area (Å²) in [6, 6.07) is 0. The zero-order valence-corrected chi connectivity index (χ0v) is 16.3. The van der Waals surface area contributed by atoms with Gasteiger partial charge in [-0.05, 0) is 38.3 Å². The van der Waals surface area contributed by atoms with Gasteiger partial charge in [-0.2, -0.15) is 0 Å². The molecule has 2 heterocycles. The van der Waals surface area contributed by atoms with Gasteiger partial charge in [0.2, 0.25) is 5.78 Å². The Labute approximate surface area is 157 Å². The van der Waals surface area contributed by atoms with Crippen LogP contribution in [0.25, 0.3) is 0 Å². The summed E-state index contributed by atoms with van der Waals surface area (Å²) in [5.74, 6) is -1.79. The average molecular weight is 379 g/mol. The van der Waals surface area contributed by atoms with Crippen molar-refractivity contribution in [2.24, 2.45) is 5.41 Å². The summed E-state index contributed by atoms with van der Waals surface area (Å²) in [7, 11) is 2.57. The third-order valence-corrected chi connectivity index (χ3v) is 5.08. The highest BCUT2D eigenvalue weighted by Gasteiger charge is 2.50. The molecule has 1 aliphatic rings. The first-order valence-corrected chi connectivity index (χ1v) is 8.70. The molecule has 8 heteroatoms. The molecule has 2 atom stereocenters. The smallest absolute Gasteiger partial charge is 0.313 e. The number of H-pyrrole nitrogens is 1. The van der Waals surface area contributed by atoms with Gasteiger partial charge in [0.05, 0.1) is 31.7 Å². The molecule has 148 valence electrons. The standard InChI is InChI=1S/C19H25NO7/c1-10-12(6-7-14(21)25-4)11(2)20-16(10)17(23)13-8-19(3,18(24)27-13)9-15(22)26-5/h13,20H,6-9H2,1-5H3/t13-,19+/m0/s1. The number of cyclic esters (lactones) is 1. The van der Waals surface area contributed by atoms with Gasteiger partial charge in [-0.25, -0.2) is 0 Å². The highest BCUT2D eigenvalue weighted by atomic mass is 16.6. The van der Waals surface area contributed by atoms with Crippen LogP contribution in [-0.4, -0.2) is 49.0 Å². The zero-order valence-electron chi connectivity index (χ0n) is 16.3. The number of carbonyl (C=O) groups excluding carboxylic acids is 4. The van der Waals surface area contributed by atoms with Crippen LogP contribution in [0.1, 0.15) is 53.5 Å². The van der Waals surface area contributed by atoms with Crippen molar-refractivity contribution < 1.29 is 33.4 Å². The van der Waals surface area contributed by atoms with Crippen molar-refractivity contribution in [3.8, 4) is 0 Å². The molecule has 0 bridgehead atoms. The van der Waals surface area contributed by atoms with Gasteiger partial charge >= 0.3 is 17.9 Å². The Bertz CT molecular complexity index is 779. The largest absolute Gasteiger partial charge is 0.469 e. The molecule has 8 nitrogen and oxygen atoms in total. The van der Waals surface area contributed by atoms with E-state index >= 15 is 0 Å². The molecule has 0 radical (unpaired) electrons. The molecule has 0 saturated carbocycles. The Hall–Kier alpha value is -2.64. The number of rotatable bonds is 7. The number of carbonyl (C=O) groups is 4. The molecule has 0 unspecified atom stereocenters. The molecule has 0 aromatic carbocycles. The second-order valence-electron chi connectivity index (χ2n) is 7.08. The van der Waals surface area contributed by atoms with Gasteiger partial charge in [-0.1, -0.05) is 0 Å². The molecule has 2 rings (SSSR count). The van der Waals surface area contributed by atoms with E-state index in [0.717, 1.165) is 16.8 Å². The summed E-state index contributed by atoms with van der Waals surface area (Å²) in [6.07, 6.45) is -0.344. The van der Waals surface area contributed by atoms with Gasteiger partial charge in [-0.15, -0.1) is 0 Å². The first-order valence-electron chi connectivity index (χ1n) is 8.70. The van der Waals surface area contributed by atoms with Crippen LogP contribution < -0.4 is 0 Å². The van der Waals surface area contributed by atoms with Crippen molar-refractivity contribution >= 4 is 23.7 Å². The van der Waals surface area contributed by atoms with Gasteiger partial charge in [0.1, 0.15) is 0 Å². The Morgan fingerprint density at radius 2 is 1.81 bits per heavy atom. The fourth-order valence-electron chi connectivity index (χ4n) is 3.39. The first kappa shape index (κ1) is 20.7. The van der Waals surface area contributed by atoms with Crippen molar-refractivity contribution in [2.75, 3.05) is 14.2 Å². The van der Waals surface area contributed by atoms with E-state index in [1.807, 2.05) is 6.92 Å². The minimum Gasteiger partial charge on any atom is -0.469 e. The quantitative estimate of drug-likeness (QED) is 0.437. The zero-order chi connectivity index (χ0) is 20.4. The van der Waals surface area contributed by atoms with E-state index in [9.17, 15) is 19.2 Å². The Balaban J connectivity index is 2.18. The SMILES string of the molecule is COC(=O)CCc1c(C)[nH]c(C(=O)[C@@H]2C[C@](C)(CC(=O)OC)C(=O)O2)c1C. The van der Waals surface area contributed by atoms with Crippen molar-refractivity contribution in [1.82, 2.24) is 4.98 Å². The fraction of sp³-hybridized carbons (Fsp3) is 0.579. The molecule has 0 aliphatic carbocycles. The molecule has 1 saturated heterocycles. The summed E-state index contributed by atoms with van der Waals surface area (Å²) < 4.78 is 14.5. The molecule has 1 fully saturated rings. The molecule has 1 N–H and O–H groups in total. The molecular formula is C19H25NO7. The van der Waals surface area contributed by atoms with E-state index in [1.54, 1.807) is 13.8 Å². The average Bonchev–Trinajstić information content (AvgIpc) is 3.08. The van der Waals surface area contributed by atoms with E-state index in [0.29, 0.717) is 12.1 Å². The normalized spacial score (nSPS) is 21.7. The van der Waals surface area contributed by atoms with Crippen LogP contribution in [-0.2, 0) is 35.0 Å². The molecule has 27 heavy (non-hydrogen) atoms. The third-order valence-electron chi connectivity index (χ3n) is 5.08. The van der Waals surface area contributed by atoms with Crippen LogP contribution in [0.15, 0.2) is 0 Å². The Morgan fingerprint density at radius 1 is 1.19 bits per heavy atom. The predicted molar refractivity (Wildman–Crippen MR) is 94.2 cm³/mol. The second-order valence-corrected chi connectivity index (χ2v) is 7.08. The molecule has 0 spiro atoms. The summed E-state index contributed by atoms with van der Waals surface area (Å²) >= 11 is 0. The van der Waals surface area contributed by atoms with Crippen molar-refractivity contribution in [2.45, 2.75) is 52.6 Å². The first-order chi connectivity index (χ1) is 12.6. The van der Waals surface area contributed by atoms with Crippen LogP contribution in [0.4, 0.5) is 0 Å². The van der Waals surface area contributed by atoms with Crippen LogP contribution in [0.2, 0.25) is 0 Å². The number of aromatic nitrogens is 1. The van der Waals surface area contributed by atoms with Crippen molar-refractivity contribution in [1.29, 1.82) is 0 Å². The molecular weight excluding hydrogens is 354 g/mol. The van der Waals surface area contributed by atoms with Gasteiger partial charge in [0.25, 0.3) is 0 Å². The minimum absolute atomic E-state index is 0.106. The Kier molecular flexibility index (Phi) is 6.08. The van der Waals surface area contributed by atoms with Crippen LogP contribution in [0.3, 0.4) is 0 Å². The number of nitrogens with one attached hydrogen (secondary N) is 1. The number of hydrogen-bond donors (Lipinski definition) is 1. The number of ether oxygens (including phenoxy) is 3. The van der Waals surface area contributed by atoms with E-state index < -0.39 is 23.5 Å². The summed E-state index contributed by atoms with van der Waals surface area (Å²) in [4.78, 5) is 51.1. The number of ketones is 1. The fourth-order valence-corrected chi connectivity index (χ4v) is 3.39. The lowest BCUT2D eigenvalue weighted by molar-refractivity contribution is -0.153. The van der Waals surface area contributed by atoms with Gasteiger partial charge in [0, 0.05) is 18.5 Å². The van der Waals surface area contributed by atoms with Crippen LogP contribution in [0, 0.1) is 19.3 Å². The maximum Gasteiger partial charge on any atom is 0.313 e. The number of aromatic amines is 1. The maximum absolute atomic E-state index is 12.9. The number of esters is 3. The summed E-state index contributed by atoms with van der Waals surface area (Å²) in [5, 5.41) is 0. The van der Waals surface area contributed by atoms with Gasteiger partial charge in [0.15, 0.2) is 6.10 Å². The lowest BCUT2D eigenvalue weighted by Gasteiger charge is -2.16. The molecule has 1 aromatic rings. The topological polar surface area (TPSA) is 112 Å². The van der Waals surface area contributed by atoms with E-state index in [4.69, 9.17) is 4.74 Å². The maximum atomic E-state index is 12.9. The van der Waals surface area contributed by atoms with E-state index in [2.05, 4.69) is 14.5 Å². The number of methoxy groups -OCH3 is 2. The minimum atomic E-state index is -1.09. The Morgan fingerprint density at radius 3 is 2.41 bits per heavy atom. The third kappa shape index (κ3) is 4.20. The molecule has 1 aromatic heterocycles. The van der Waals surface area contributed by atoms with Crippen molar-refractivity contribution in [3.05, 3.63) is 22.5 Å². The molecule has 0 amide bonds.